The fraction of sp³-hybridized carbons (Fsp3) is 0.625. The lowest BCUT2D eigenvalue weighted by atomic mass is 9.90. The Morgan fingerprint density at radius 3 is 2.74 bits per heavy atom. The van der Waals surface area contributed by atoms with Crippen molar-refractivity contribution in [3.05, 3.63) is 35.4 Å². The van der Waals surface area contributed by atoms with E-state index in [-0.39, 0.29) is 11.7 Å². The van der Waals surface area contributed by atoms with Crippen molar-refractivity contribution >= 4 is 0 Å². The first kappa shape index (κ1) is 14.4. The summed E-state index contributed by atoms with van der Waals surface area (Å²) >= 11 is 0. The van der Waals surface area contributed by atoms with Crippen LogP contribution >= 0.6 is 0 Å². The summed E-state index contributed by atoms with van der Waals surface area (Å²) in [5.41, 5.74) is 0.687. The molecule has 2 rings (SSSR count). The molecular formula is C16H23F2N. The van der Waals surface area contributed by atoms with Crippen molar-refractivity contribution in [3.63, 3.8) is 0 Å². The molecule has 19 heavy (non-hydrogen) atoms. The average molecular weight is 267 g/mol. The van der Waals surface area contributed by atoms with Gasteiger partial charge in [0.15, 0.2) is 0 Å². The van der Waals surface area contributed by atoms with E-state index in [1.54, 1.807) is 6.07 Å². The van der Waals surface area contributed by atoms with Crippen molar-refractivity contribution in [1.29, 1.82) is 0 Å². The van der Waals surface area contributed by atoms with Crippen molar-refractivity contribution in [1.82, 2.24) is 5.32 Å². The van der Waals surface area contributed by atoms with Gasteiger partial charge in [0.1, 0.15) is 11.6 Å². The highest BCUT2D eigenvalue weighted by Crippen LogP contribution is 2.33. The Bertz CT molecular complexity index is 406. The van der Waals surface area contributed by atoms with Crippen LogP contribution in [0.3, 0.4) is 0 Å². The average Bonchev–Trinajstić information content (AvgIpc) is 2.62. The molecule has 0 saturated heterocycles. The van der Waals surface area contributed by atoms with Crippen LogP contribution < -0.4 is 5.32 Å². The number of rotatable bonds is 4. The van der Waals surface area contributed by atoms with E-state index in [0.717, 1.165) is 38.3 Å². The van der Waals surface area contributed by atoms with Gasteiger partial charge in [-0.3, -0.25) is 0 Å². The summed E-state index contributed by atoms with van der Waals surface area (Å²) in [6.07, 6.45) is 6.58. The maximum absolute atomic E-state index is 13.9. The monoisotopic (exact) mass is 267 g/mol. The maximum Gasteiger partial charge on any atom is 0.129 e. The first-order valence-electron chi connectivity index (χ1n) is 7.39. The number of hydrogen-bond acceptors (Lipinski definition) is 1. The molecule has 0 bridgehead atoms. The fourth-order valence-electron chi connectivity index (χ4n) is 3.01. The van der Waals surface area contributed by atoms with Gasteiger partial charge in [-0.15, -0.1) is 0 Å². The SMILES string of the molecule is CCCNC1CCCCC(c2ccc(F)cc2F)C1. The minimum Gasteiger partial charge on any atom is -0.314 e. The smallest absolute Gasteiger partial charge is 0.129 e. The Kier molecular flexibility index (Phi) is 5.32. The first-order valence-corrected chi connectivity index (χ1v) is 7.39. The van der Waals surface area contributed by atoms with Gasteiger partial charge in [-0.25, -0.2) is 8.78 Å². The van der Waals surface area contributed by atoms with Crippen molar-refractivity contribution in [3.8, 4) is 0 Å². The third kappa shape index (κ3) is 4.00. The molecule has 1 aromatic carbocycles. The molecule has 3 heteroatoms. The van der Waals surface area contributed by atoms with Gasteiger partial charge in [0, 0.05) is 12.1 Å². The molecule has 0 aliphatic heterocycles. The van der Waals surface area contributed by atoms with Crippen LogP contribution in [0, 0.1) is 11.6 Å². The zero-order chi connectivity index (χ0) is 13.7. The van der Waals surface area contributed by atoms with Crippen LogP contribution in [0.15, 0.2) is 18.2 Å². The minimum absolute atomic E-state index is 0.220. The van der Waals surface area contributed by atoms with Gasteiger partial charge in [0.2, 0.25) is 0 Å². The number of benzene rings is 1. The zero-order valence-electron chi connectivity index (χ0n) is 11.6. The summed E-state index contributed by atoms with van der Waals surface area (Å²) in [6, 6.07) is 4.47. The summed E-state index contributed by atoms with van der Waals surface area (Å²) < 4.78 is 26.9. The molecule has 1 saturated carbocycles. The molecule has 0 spiro atoms. The summed E-state index contributed by atoms with van der Waals surface area (Å²) in [6.45, 7) is 3.17. The lowest BCUT2D eigenvalue weighted by molar-refractivity contribution is 0.432. The number of nitrogens with one attached hydrogen (secondary N) is 1. The molecular weight excluding hydrogens is 244 g/mol. The number of hydrogen-bond donors (Lipinski definition) is 1. The van der Waals surface area contributed by atoms with Crippen LogP contribution in [0.25, 0.3) is 0 Å². The Hall–Kier alpha value is -0.960. The Balaban J connectivity index is 2.08. The quantitative estimate of drug-likeness (QED) is 0.798. The second-order valence-corrected chi connectivity index (χ2v) is 5.53. The van der Waals surface area contributed by atoms with Gasteiger partial charge < -0.3 is 5.32 Å². The highest BCUT2D eigenvalue weighted by molar-refractivity contribution is 5.23. The summed E-state index contributed by atoms with van der Waals surface area (Å²) in [4.78, 5) is 0. The molecule has 1 N–H and O–H groups in total. The van der Waals surface area contributed by atoms with E-state index < -0.39 is 5.82 Å². The van der Waals surface area contributed by atoms with E-state index in [2.05, 4.69) is 12.2 Å². The molecule has 1 aliphatic rings. The van der Waals surface area contributed by atoms with Crippen LogP contribution in [0.5, 0.6) is 0 Å². The third-order valence-electron chi connectivity index (χ3n) is 4.01. The van der Waals surface area contributed by atoms with Gasteiger partial charge >= 0.3 is 0 Å². The topological polar surface area (TPSA) is 12.0 Å². The van der Waals surface area contributed by atoms with Crippen LogP contribution in [-0.4, -0.2) is 12.6 Å². The normalized spacial score (nSPS) is 24.2. The van der Waals surface area contributed by atoms with Crippen LogP contribution in [0.1, 0.15) is 56.9 Å². The first-order chi connectivity index (χ1) is 9.20. The Morgan fingerprint density at radius 2 is 2.00 bits per heavy atom. The highest BCUT2D eigenvalue weighted by Gasteiger charge is 2.23. The maximum atomic E-state index is 13.9. The van der Waals surface area contributed by atoms with Gasteiger partial charge in [-0.2, -0.15) is 0 Å². The molecule has 1 fully saturated rings. The second kappa shape index (κ2) is 6.99. The minimum atomic E-state index is -0.490. The molecule has 1 aliphatic carbocycles. The molecule has 1 nitrogen and oxygen atoms in total. The number of halogens is 2. The fourth-order valence-corrected chi connectivity index (χ4v) is 3.01. The molecule has 0 amide bonds. The Labute approximate surface area is 114 Å². The van der Waals surface area contributed by atoms with E-state index >= 15 is 0 Å². The molecule has 0 heterocycles. The molecule has 0 aromatic heterocycles. The summed E-state index contributed by atoms with van der Waals surface area (Å²) in [5, 5.41) is 3.55. The van der Waals surface area contributed by atoms with E-state index in [9.17, 15) is 8.78 Å². The zero-order valence-corrected chi connectivity index (χ0v) is 11.6. The highest BCUT2D eigenvalue weighted by atomic mass is 19.1. The van der Waals surface area contributed by atoms with Gasteiger partial charge in [0.25, 0.3) is 0 Å². The third-order valence-corrected chi connectivity index (χ3v) is 4.01. The molecule has 106 valence electrons. The van der Waals surface area contributed by atoms with E-state index in [0.29, 0.717) is 11.6 Å². The predicted molar refractivity (Wildman–Crippen MR) is 74.3 cm³/mol. The lowest BCUT2D eigenvalue weighted by Crippen LogP contribution is -2.30. The van der Waals surface area contributed by atoms with Crippen LogP contribution in [-0.2, 0) is 0 Å². The second-order valence-electron chi connectivity index (χ2n) is 5.53. The van der Waals surface area contributed by atoms with Gasteiger partial charge in [-0.1, -0.05) is 25.8 Å². The van der Waals surface area contributed by atoms with Crippen molar-refractivity contribution < 1.29 is 8.78 Å². The molecule has 2 atom stereocenters. The summed E-state index contributed by atoms with van der Waals surface area (Å²) in [7, 11) is 0. The van der Waals surface area contributed by atoms with Crippen molar-refractivity contribution in [2.75, 3.05) is 6.54 Å². The lowest BCUT2D eigenvalue weighted by Gasteiger charge is -2.21. The summed E-state index contributed by atoms with van der Waals surface area (Å²) in [5.74, 6) is -0.658. The van der Waals surface area contributed by atoms with Crippen molar-refractivity contribution in [2.45, 2.75) is 57.4 Å². The van der Waals surface area contributed by atoms with Crippen LogP contribution in [0.2, 0.25) is 0 Å². The van der Waals surface area contributed by atoms with Crippen molar-refractivity contribution in [2.24, 2.45) is 0 Å². The predicted octanol–water partition coefficient (Wildman–Crippen LogP) is 4.38. The van der Waals surface area contributed by atoms with Gasteiger partial charge in [0.05, 0.1) is 0 Å². The van der Waals surface area contributed by atoms with E-state index in [1.165, 1.54) is 18.9 Å². The van der Waals surface area contributed by atoms with Gasteiger partial charge in [-0.05, 0) is 49.8 Å². The van der Waals surface area contributed by atoms with E-state index in [4.69, 9.17) is 0 Å². The standard InChI is InChI=1S/C16H23F2N/c1-2-9-19-14-6-4-3-5-12(10-14)15-8-7-13(17)11-16(15)18/h7-8,11-12,14,19H,2-6,9-10H2,1H3. The molecule has 0 radical (unpaired) electrons. The molecule has 2 unspecified atom stereocenters. The van der Waals surface area contributed by atoms with E-state index in [1.807, 2.05) is 0 Å². The molecule has 1 aromatic rings. The van der Waals surface area contributed by atoms with Crippen LogP contribution in [0.4, 0.5) is 8.78 Å². The largest absolute Gasteiger partial charge is 0.314 e. The Morgan fingerprint density at radius 1 is 1.21 bits per heavy atom.